The van der Waals surface area contributed by atoms with E-state index in [4.69, 9.17) is 11.6 Å². The fourth-order valence-electron chi connectivity index (χ4n) is 1.93. The zero-order valence-electron chi connectivity index (χ0n) is 11.0. The number of halogens is 1. The number of aromatic nitrogens is 2. The average molecular weight is 303 g/mol. The van der Waals surface area contributed by atoms with Gasteiger partial charge in [0.2, 0.25) is 0 Å². The van der Waals surface area contributed by atoms with Crippen LogP contribution in [-0.2, 0) is 6.42 Å². The molecule has 0 spiro atoms. The Balaban J connectivity index is 2.17. The molecule has 0 saturated carbocycles. The van der Waals surface area contributed by atoms with Crippen molar-refractivity contribution >= 4 is 35.1 Å². The van der Waals surface area contributed by atoms with Gasteiger partial charge in [0, 0.05) is 21.9 Å². The van der Waals surface area contributed by atoms with Crippen LogP contribution in [0.1, 0.15) is 44.0 Å². The molecule has 18 heavy (non-hydrogen) atoms. The lowest BCUT2D eigenvalue weighted by Gasteiger charge is -2.30. The SMILES string of the molecule is CCCc1cc(Cl)nc(C2CSC(C)C(C)S2)n1. The summed E-state index contributed by atoms with van der Waals surface area (Å²) in [7, 11) is 0. The van der Waals surface area contributed by atoms with E-state index >= 15 is 0 Å². The molecule has 5 heteroatoms. The standard InChI is InChI=1S/C13H19ClN2S2/c1-4-5-10-6-12(14)16-13(15-10)11-7-17-8(2)9(3)18-11/h6,8-9,11H,4-5,7H2,1-3H3. The van der Waals surface area contributed by atoms with E-state index in [1.54, 1.807) is 0 Å². The van der Waals surface area contributed by atoms with Crippen LogP contribution in [0.15, 0.2) is 6.07 Å². The van der Waals surface area contributed by atoms with E-state index in [0.717, 1.165) is 30.1 Å². The maximum atomic E-state index is 6.10. The van der Waals surface area contributed by atoms with Gasteiger partial charge < -0.3 is 0 Å². The smallest absolute Gasteiger partial charge is 0.144 e. The maximum absolute atomic E-state index is 6.10. The van der Waals surface area contributed by atoms with Crippen molar-refractivity contribution in [1.82, 2.24) is 9.97 Å². The third kappa shape index (κ3) is 3.55. The Morgan fingerprint density at radius 2 is 2.11 bits per heavy atom. The molecule has 2 heterocycles. The molecule has 1 aliphatic rings. The molecule has 1 aromatic heterocycles. The molecule has 1 aromatic rings. The molecular weight excluding hydrogens is 284 g/mol. The Morgan fingerprint density at radius 1 is 1.33 bits per heavy atom. The normalized spacial score (nSPS) is 28.3. The number of hydrogen-bond acceptors (Lipinski definition) is 4. The second-order valence-corrected chi connectivity index (χ2v) is 8.04. The second kappa shape index (κ2) is 6.49. The van der Waals surface area contributed by atoms with Gasteiger partial charge in [0.25, 0.3) is 0 Å². The summed E-state index contributed by atoms with van der Waals surface area (Å²) in [6.45, 7) is 6.73. The summed E-state index contributed by atoms with van der Waals surface area (Å²) in [6.07, 6.45) is 2.07. The second-order valence-electron chi connectivity index (χ2n) is 4.66. The van der Waals surface area contributed by atoms with Crippen LogP contribution < -0.4 is 0 Å². The molecule has 0 aliphatic carbocycles. The van der Waals surface area contributed by atoms with Crippen LogP contribution in [0.5, 0.6) is 0 Å². The molecule has 1 saturated heterocycles. The van der Waals surface area contributed by atoms with Gasteiger partial charge in [-0.1, -0.05) is 38.8 Å². The Morgan fingerprint density at radius 3 is 2.78 bits per heavy atom. The summed E-state index contributed by atoms with van der Waals surface area (Å²) in [5.74, 6) is 2.00. The van der Waals surface area contributed by atoms with Gasteiger partial charge in [-0.2, -0.15) is 11.8 Å². The average Bonchev–Trinajstić information content (AvgIpc) is 2.32. The Kier molecular flexibility index (Phi) is 5.22. The van der Waals surface area contributed by atoms with Crippen molar-refractivity contribution in [1.29, 1.82) is 0 Å². The number of aryl methyl sites for hydroxylation is 1. The van der Waals surface area contributed by atoms with Crippen LogP contribution >= 0.6 is 35.1 Å². The predicted octanol–water partition coefficient (Wildman–Crippen LogP) is 4.38. The highest BCUT2D eigenvalue weighted by atomic mass is 35.5. The van der Waals surface area contributed by atoms with E-state index < -0.39 is 0 Å². The molecule has 3 atom stereocenters. The van der Waals surface area contributed by atoms with Crippen LogP contribution in [0.4, 0.5) is 0 Å². The molecule has 2 nitrogen and oxygen atoms in total. The zero-order valence-corrected chi connectivity index (χ0v) is 13.4. The first kappa shape index (κ1) is 14.5. The van der Waals surface area contributed by atoms with Gasteiger partial charge in [-0.15, -0.1) is 11.8 Å². The monoisotopic (exact) mass is 302 g/mol. The van der Waals surface area contributed by atoms with Crippen molar-refractivity contribution in [3.8, 4) is 0 Å². The summed E-state index contributed by atoms with van der Waals surface area (Å²) in [5, 5.41) is 2.32. The molecule has 0 bridgehead atoms. The van der Waals surface area contributed by atoms with Crippen LogP contribution in [-0.4, -0.2) is 26.2 Å². The molecule has 1 aliphatic heterocycles. The van der Waals surface area contributed by atoms with Crippen molar-refractivity contribution < 1.29 is 0 Å². The summed E-state index contributed by atoms with van der Waals surface area (Å²) < 4.78 is 0. The van der Waals surface area contributed by atoms with Gasteiger partial charge in [-0.3, -0.25) is 0 Å². The minimum absolute atomic E-state index is 0.385. The topological polar surface area (TPSA) is 25.8 Å². The first-order chi connectivity index (χ1) is 8.60. The first-order valence-corrected chi connectivity index (χ1v) is 8.77. The van der Waals surface area contributed by atoms with Gasteiger partial charge >= 0.3 is 0 Å². The van der Waals surface area contributed by atoms with Crippen LogP contribution in [0, 0.1) is 0 Å². The van der Waals surface area contributed by atoms with Gasteiger partial charge in [0.15, 0.2) is 0 Å². The van der Waals surface area contributed by atoms with Crippen molar-refractivity contribution in [2.24, 2.45) is 0 Å². The van der Waals surface area contributed by atoms with E-state index in [9.17, 15) is 0 Å². The van der Waals surface area contributed by atoms with E-state index in [0.29, 0.717) is 20.9 Å². The van der Waals surface area contributed by atoms with Crippen molar-refractivity contribution in [3.05, 3.63) is 22.7 Å². The van der Waals surface area contributed by atoms with E-state index in [1.807, 2.05) is 29.6 Å². The quantitative estimate of drug-likeness (QED) is 0.774. The highest BCUT2D eigenvalue weighted by Gasteiger charge is 2.28. The lowest BCUT2D eigenvalue weighted by molar-refractivity contribution is 0.815. The lowest BCUT2D eigenvalue weighted by atomic mass is 10.2. The fourth-order valence-corrected chi connectivity index (χ4v) is 4.99. The number of thioether (sulfide) groups is 2. The van der Waals surface area contributed by atoms with Gasteiger partial charge in [-0.05, 0) is 12.5 Å². The van der Waals surface area contributed by atoms with Gasteiger partial charge in [0.1, 0.15) is 11.0 Å². The van der Waals surface area contributed by atoms with Crippen LogP contribution in [0.3, 0.4) is 0 Å². The third-order valence-electron chi connectivity index (χ3n) is 3.11. The molecule has 2 rings (SSSR count). The van der Waals surface area contributed by atoms with Crippen molar-refractivity contribution in [3.63, 3.8) is 0 Å². The summed E-state index contributed by atoms with van der Waals surface area (Å²) in [5.41, 5.74) is 1.07. The van der Waals surface area contributed by atoms with Gasteiger partial charge in [-0.25, -0.2) is 9.97 Å². The highest BCUT2D eigenvalue weighted by molar-refractivity contribution is 8.07. The number of rotatable bonds is 3. The summed E-state index contributed by atoms with van der Waals surface area (Å²) >= 11 is 10.1. The summed E-state index contributed by atoms with van der Waals surface area (Å²) in [4.78, 5) is 9.10. The van der Waals surface area contributed by atoms with Gasteiger partial charge in [0.05, 0.1) is 5.25 Å². The first-order valence-electron chi connectivity index (χ1n) is 6.40. The molecule has 3 unspecified atom stereocenters. The third-order valence-corrected chi connectivity index (χ3v) is 6.69. The van der Waals surface area contributed by atoms with Crippen LogP contribution in [0.25, 0.3) is 0 Å². The van der Waals surface area contributed by atoms with E-state index in [2.05, 4.69) is 30.7 Å². The van der Waals surface area contributed by atoms with E-state index in [1.165, 1.54) is 0 Å². The number of hydrogen-bond donors (Lipinski definition) is 0. The molecular formula is C13H19ClN2S2. The summed E-state index contributed by atoms with van der Waals surface area (Å²) in [6, 6.07) is 1.89. The molecule has 0 aromatic carbocycles. The Labute approximate surface area is 123 Å². The molecule has 0 N–H and O–H groups in total. The lowest BCUT2D eigenvalue weighted by Crippen LogP contribution is -2.23. The zero-order chi connectivity index (χ0) is 13.1. The molecule has 100 valence electrons. The number of nitrogens with zero attached hydrogens (tertiary/aromatic N) is 2. The van der Waals surface area contributed by atoms with Crippen molar-refractivity contribution in [2.75, 3.05) is 5.75 Å². The minimum atomic E-state index is 0.385. The predicted molar refractivity (Wildman–Crippen MR) is 82.8 cm³/mol. The highest BCUT2D eigenvalue weighted by Crippen LogP contribution is 2.43. The Hall–Kier alpha value is 0.0700. The molecule has 0 radical (unpaired) electrons. The molecule has 0 amide bonds. The van der Waals surface area contributed by atoms with E-state index in [-0.39, 0.29) is 0 Å². The van der Waals surface area contributed by atoms with Crippen LogP contribution in [0.2, 0.25) is 5.15 Å². The molecule has 1 fully saturated rings. The largest absolute Gasteiger partial charge is 0.237 e. The maximum Gasteiger partial charge on any atom is 0.144 e. The Bertz CT molecular complexity index is 414. The fraction of sp³-hybridized carbons (Fsp3) is 0.692. The minimum Gasteiger partial charge on any atom is -0.237 e. The van der Waals surface area contributed by atoms with Crippen molar-refractivity contribution in [2.45, 2.75) is 49.4 Å².